The van der Waals surface area contributed by atoms with Gasteiger partial charge in [0.15, 0.2) is 6.29 Å². The molecule has 30 heavy (non-hydrogen) atoms. The van der Waals surface area contributed by atoms with Crippen molar-refractivity contribution in [3.8, 4) is 11.1 Å². The lowest BCUT2D eigenvalue weighted by atomic mass is 9.78. The molecule has 0 bridgehead atoms. The summed E-state index contributed by atoms with van der Waals surface area (Å²) in [6.45, 7) is 5.33. The Kier molecular flexibility index (Phi) is 6.84. The molecular weight excluding hydrogens is 382 g/mol. The Balaban J connectivity index is 1.33. The van der Waals surface area contributed by atoms with E-state index in [4.69, 9.17) is 9.47 Å². The van der Waals surface area contributed by atoms with Gasteiger partial charge >= 0.3 is 0 Å². The van der Waals surface area contributed by atoms with E-state index in [0.717, 1.165) is 44.5 Å². The van der Waals surface area contributed by atoms with E-state index in [1.54, 1.807) is 0 Å². The molecule has 1 aliphatic carbocycles. The fourth-order valence-electron chi connectivity index (χ4n) is 4.89. The van der Waals surface area contributed by atoms with Crippen LogP contribution in [0.5, 0.6) is 0 Å². The molecule has 0 unspecified atom stereocenters. The predicted octanol–water partition coefficient (Wildman–Crippen LogP) is 7.00. The normalized spacial score (nSPS) is 27.2. The number of halogens is 2. The minimum absolute atomic E-state index is 0.0345. The number of hydrogen-bond acceptors (Lipinski definition) is 2. The summed E-state index contributed by atoms with van der Waals surface area (Å²) in [7, 11) is 0. The van der Waals surface area contributed by atoms with E-state index in [1.807, 2.05) is 12.1 Å². The second-order valence-electron chi connectivity index (χ2n) is 8.99. The SMILES string of the molecule is CCCC1COC(C2CCC(c3ccc(-c4cc(F)c(C)c(F)c4)cc3)CC2)OC1. The van der Waals surface area contributed by atoms with Crippen LogP contribution in [0, 0.1) is 30.4 Å². The van der Waals surface area contributed by atoms with Crippen molar-refractivity contribution in [3.63, 3.8) is 0 Å². The van der Waals surface area contributed by atoms with Crippen LogP contribution >= 0.6 is 0 Å². The van der Waals surface area contributed by atoms with E-state index in [1.165, 1.54) is 37.5 Å². The third kappa shape index (κ3) is 4.76. The summed E-state index contributed by atoms with van der Waals surface area (Å²) < 4.78 is 39.8. The third-order valence-electron chi connectivity index (χ3n) is 6.84. The summed E-state index contributed by atoms with van der Waals surface area (Å²) in [5, 5.41) is 0. The van der Waals surface area contributed by atoms with Gasteiger partial charge in [-0.15, -0.1) is 0 Å². The first-order chi connectivity index (χ1) is 14.5. The van der Waals surface area contributed by atoms with Crippen LogP contribution in [0.4, 0.5) is 8.78 Å². The standard InChI is InChI=1S/C26H32F2O2/c1-3-4-18-15-29-26(30-16-18)22-11-9-20(10-12-22)19-5-7-21(8-6-19)23-13-24(27)17(2)25(28)14-23/h5-8,13-14,18,20,22,26H,3-4,9-12,15-16H2,1-2H3. The molecule has 1 heterocycles. The van der Waals surface area contributed by atoms with Crippen molar-refractivity contribution in [3.05, 3.63) is 59.2 Å². The monoisotopic (exact) mass is 414 g/mol. The minimum Gasteiger partial charge on any atom is -0.352 e. The van der Waals surface area contributed by atoms with E-state index in [-0.39, 0.29) is 11.9 Å². The largest absolute Gasteiger partial charge is 0.352 e. The highest BCUT2D eigenvalue weighted by Gasteiger charge is 2.32. The fourth-order valence-corrected chi connectivity index (χ4v) is 4.89. The predicted molar refractivity (Wildman–Crippen MR) is 115 cm³/mol. The van der Waals surface area contributed by atoms with Crippen molar-refractivity contribution in [1.82, 2.24) is 0 Å². The van der Waals surface area contributed by atoms with Gasteiger partial charge in [0.25, 0.3) is 0 Å². The van der Waals surface area contributed by atoms with Gasteiger partial charge in [0.2, 0.25) is 0 Å². The van der Waals surface area contributed by atoms with Crippen LogP contribution in [-0.4, -0.2) is 19.5 Å². The van der Waals surface area contributed by atoms with Gasteiger partial charge < -0.3 is 9.47 Å². The smallest absolute Gasteiger partial charge is 0.160 e. The molecule has 0 amide bonds. The first kappa shape index (κ1) is 21.5. The summed E-state index contributed by atoms with van der Waals surface area (Å²) >= 11 is 0. The lowest BCUT2D eigenvalue weighted by Crippen LogP contribution is -2.38. The van der Waals surface area contributed by atoms with E-state index in [0.29, 0.717) is 23.3 Å². The van der Waals surface area contributed by atoms with Gasteiger partial charge in [0, 0.05) is 17.4 Å². The molecule has 1 saturated carbocycles. The summed E-state index contributed by atoms with van der Waals surface area (Å²) in [5.41, 5.74) is 2.80. The molecule has 0 atom stereocenters. The van der Waals surface area contributed by atoms with Crippen molar-refractivity contribution in [2.45, 2.75) is 64.6 Å². The maximum absolute atomic E-state index is 13.9. The van der Waals surface area contributed by atoms with Crippen molar-refractivity contribution < 1.29 is 18.3 Å². The Morgan fingerprint density at radius 3 is 2.03 bits per heavy atom. The lowest BCUT2D eigenvalue weighted by molar-refractivity contribution is -0.229. The van der Waals surface area contributed by atoms with Gasteiger partial charge in [-0.3, -0.25) is 0 Å². The number of benzene rings is 2. The van der Waals surface area contributed by atoms with Gasteiger partial charge in [-0.25, -0.2) is 8.78 Å². The molecule has 0 N–H and O–H groups in total. The van der Waals surface area contributed by atoms with Crippen LogP contribution < -0.4 is 0 Å². The zero-order valence-electron chi connectivity index (χ0n) is 18.0. The molecule has 2 aliphatic rings. The maximum atomic E-state index is 13.9. The van der Waals surface area contributed by atoms with E-state index < -0.39 is 11.6 Å². The second kappa shape index (κ2) is 9.57. The van der Waals surface area contributed by atoms with Crippen LogP contribution in [-0.2, 0) is 9.47 Å². The average molecular weight is 415 g/mol. The number of hydrogen-bond donors (Lipinski definition) is 0. The lowest BCUT2D eigenvalue weighted by Gasteiger charge is -2.37. The first-order valence-corrected chi connectivity index (χ1v) is 11.3. The van der Waals surface area contributed by atoms with Crippen molar-refractivity contribution in [2.24, 2.45) is 11.8 Å². The third-order valence-corrected chi connectivity index (χ3v) is 6.84. The highest BCUT2D eigenvalue weighted by atomic mass is 19.1. The van der Waals surface area contributed by atoms with Gasteiger partial charge in [-0.2, -0.15) is 0 Å². The first-order valence-electron chi connectivity index (χ1n) is 11.3. The highest BCUT2D eigenvalue weighted by Crippen LogP contribution is 2.39. The summed E-state index contributed by atoms with van der Waals surface area (Å²) in [6, 6.07) is 11.0. The zero-order chi connectivity index (χ0) is 21.1. The Morgan fingerprint density at radius 2 is 1.47 bits per heavy atom. The molecule has 2 aromatic rings. The average Bonchev–Trinajstić information content (AvgIpc) is 2.78. The highest BCUT2D eigenvalue weighted by molar-refractivity contribution is 5.64. The maximum Gasteiger partial charge on any atom is 0.160 e. The summed E-state index contributed by atoms with van der Waals surface area (Å²) in [4.78, 5) is 0. The van der Waals surface area contributed by atoms with E-state index in [9.17, 15) is 8.78 Å². The van der Waals surface area contributed by atoms with Gasteiger partial charge in [-0.05, 0) is 73.8 Å². The van der Waals surface area contributed by atoms with Gasteiger partial charge in [-0.1, -0.05) is 37.6 Å². The second-order valence-corrected chi connectivity index (χ2v) is 8.99. The van der Waals surface area contributed by atoms with E-state index >= 15 is 0 Å². The van der Waals surface area contributed by atoms with Crippen molar-refractivity contribution in [2.75, 3.05) is 13.2 Å². The Bertz CT molecular complexity index is 810. The van der Waals surface area contributed by atoms with Gasteiger partial charge in [0.05, 0.1) is 13.2 Å². The summed E-state index contributed by atoms with van der Waals surface area (Å²) in [6.07, 6.45) is 6.80. The Hall–Kier alpha value is -1.78. The van der Waals surface area contributed by atoms with Crippen LogP contribution in [0.2, 0.25) is 0 Å². The molecule has 0 radical (unpaired) electrons. The summed E-state index contributed by atoms with van der Waals surface area (Å²) in [5.74, 6) is 0.567. The topological polar surface area (TPSA) is 18.5 Å². The molecule has 0 spiro atoms. The van der Waals surface area contributed by atoms with Gasteiger partial charge in [0.1, 0.15) is 11.6 Å². The van der Waals surface area contributed by atoms with Crippen LogP contribution in [0.25, 0.3) is 11.1 Å². The quantitative estimate of drug-likeness (QED) is 0.524. The van der Waals surface area contributed by atoms with Crippen LogP contribution in [0.1, 0.15) is 62.5 Å². The molecule has 2 nitrogen and oxygen atoms in total. The molecule has 2 aromatic carbocycles. The molecular formula is C26H32F2O2. The van der Waals surface area contributed by atoms with Crippen molar-refractivity contribution >= 4 is 0 Å². The molecule has 2 fully saturated rings. The van der Waals surface area contributed by atoms with E-state index in [2.05, 4.69) is 19.1 Å². The zero-order valence-corrected chi connectivity index (χ0v) is 18.0. The van der Waals surface area contributed by atoms with Crippen molar-refractivity contribution in [1.29, 1.82) is 0 Å². The van der Waals surface area contributed by atoms with Crippen LogP contribution in [0.15, 0.2) is 36.4 Å². The molecule has 1 saturated heterocycles. The molecule has 0 aromatic heterocycles. The molecule has 4 heteroatoms. The fraction of sp³-hybridized carbons (Fsp3) is 0.538. The Morgan fingerprint density at radius 1 is 0.867 bits per heavy atom. The number of rotatable bonds is 5. The molecule has 1 aliphatic heterocycles. The molecule has 4 rings (SSSR count). The minimum atomic E-state index is -0.499. The Labute approximate surface area is 178 Å². The molecule has 162 valence electrons. The number of ether oxygens (including phenoxy) is 2. The van der Waals surface area contributed by atoms with Crippen LogP contribution in [0.3, 0.4) is 0 Å².